The van der Waals surface area contributed by atoms with E-state index in [-0.39, 0.29) is 12.0 Å². The maximum atomic E-state index is 11.4. The van der Waals surface area contributed by atoms with E-state index in [0.717, 1.165) is 19.3 Å². The Bertz CT molecular complexity index is 516. The number of hydrogen-bond donors (Lipinski definition) is 2. The summed E-state index contributed by atoms with van der Waals surface area (Å²) in [5, 5.41) is 8.46. The molecule has 0 fully saturated rings. The molecule has 6 heteroatoms. The first-order valence-corrected chi connectivity index (χ1v) is 6.03. The monoisotopic (exact) mass is 254 g/mol. The van der Waals surface area contributed by atoms with Gasteiger partial charge in [0.25, 0.3) is 5.56 Å². The van der Waals surface area contributed by atoms with Crippen LogP contribution >= 0.6 is 0 Å². The normalized spacial score (nSPS) is 10.5. The van der Waals surface area contributed by atoms with Crippen molar-refractivity contribution in [2.45, 2.75) is 45.6 Å². The number of aliphatic carboxylic acids is 1. The highest BCUT2D eigenvalue weighted by atomic mass is 16.4. The number of aryl methyl sites for hydroxylation is 2. The molecule has 0 aliphatic carbocycles. The molecule has 2 N–H and O–H groups in total. The summed E-state index contributed by atoms with van der Waals surface area (Å²) < 4.78 is 1.48. The molecule has 100 valence electrons. The molecular formula is C12H18N2O4. The van der Waals surface area contributed by atoms with Crippen LogP contribution in [0.3, 0.4) is 0 Å². The second-order valence-corrected chi connectivity index (χ2v) is 4.32. The van der Waals surface area contributed by atoms with Gasteiger partial charge in [0.2, 0.25) is 0 Å². The van der Waals surface area contributed by atoms with E-state index in [1.165, 1.54) is 4.57 Å². The minimum Gasteiger partial charge on any atom is -0.481 e. The first kappa shape index (κ1) is 14.2. The van der Waals surface area contributed by atoms with E-state index < -0.39 is 11.7 Å². The van der Waals surface area contributed by atoms with Gasteiger partial charge in [0.1, 0.15) is 0 Å². The first-order valence-electron chi connectivity index (χ1n) is 6.03. The van der Waals surface area contributed by atoms with Gasteiger partial charge in [0.05, 0.1) is 0 Å². The van der Waals surface area contributed by atoms with Crippen molar-refractivity contribution >= 4 is 5.97 Å². The Morgan fingerprint density at radius 2 is 1.94 bits per heavy atom. The van der Waals surface area contributed by atoms with Gasteiger partial charge < -0.3 is 9.67 Å². The molecule has 0 aromatic carbocycles. The minimum absolute atomic E-state index is 0.192. The number of hydrogen-bond acceptors (Lipinski definition) is 3. The summed E-state index contributed by atoms with van der Waals surface area (Å²) >= 11 is 0. The molecule has 1 aromatic heterocycles. The van der Waals surface area contributed by atoms with E-state index >= 15 is 0 Å². The van der Waals surface area contributed by atoms with Gasteiger partial charge in [0.15, 0.2) is 0 Å². The Hall–Kier alpha value is -1.85. The number of carbonyl (C=O) groups is 1. The molecule has 0 bridgehead atoms. The number of H-pyrrole nitrogens is 1. The number of aromatic amines is 1. The third-order valence-electron chi connectivity index (χ3n) is 2.73. The summed E-state index contributed by atoms with van der Waals surface area (Å²) in [5.41, 5.74) is -0.227. The summed E-state index contributed by atoms with van der Waals surface area (Å²) in [6, 6.07) is 0. The lowest BCUT2D eigenvalue weighted by Gasteiger charge is -2.05. The van der Waals surface area contributed by atoms with Crippen LogP contribution in [0.25, 0.3) is 0 Å². The minimum atomic E-state index is -0.775. The fraction of sp³-hybridized carbons (Fsp3) is 0.583. The number of nitrogens with zero attached hydrogens (tertiary/aromatic N) is 1. The maximum absolute atomic E-state index is 11.4. The van der Waals surface area contributed by atoms with Gasteiger partial charge in [-0.05, 0) is 19.8 Å². The Balaban J connectivity index is 2.36. The van der Waals surface area contributed by atoms with Gasteiger partial charge in [-0.25, -0.2) is 4.79 Å². The van der Waals surface area contributed by atoms with Crippen LogP contribution in [0.15, 0.2) is 15.8 Å². The molecule has 0 spiro atoms. The highest BCUT2D eigenvalue weighted by molar-refractivity contribution is 5.66. The Labute approximate surface area is 104 Å². The fourth-order valence-corrected chi connectivity index (χ4v) is 1.70. The smallest absolute Gasteiger partial charge is 0.328 e. The average molecular weight is 254 g/mol. The molecule has 0 saturated heterocycles. The zero-order chi connectivity index (χ0) is 13.5. The van der Waals surface area contributed by atoms with Crippen LogP contribution < -0.4 is 11.2 Å². The summed E-state index contributed by atoms with van der Waals surface area (Å²) in [7, 11) is 0. The SMILES string of the molecule is Cc1cn(CCCCCCC(=O)O)c(=O)[nH]c1=O. The molecule has 0 amide bonds. The van der Waals surface area contributed by atoms with Crippen LogP contribution in [0.4, 0.5) is 0 Å². The first-order chi connectivity index (χ1) is 8.50. The van der Waals surface area contributed by atoms with E-state index in [9.17, 15) is 14.4 Å². The largest absolute Gasteiger partial charge is 0.481 e. The highest BCUT2D eigenvalue weighted by Crippen LogP contribution is 2.03. The third kappa shape index (κ3) is 4.57. The van der Waals surface area contributed by atoms with Gasteiger partial charge in [-0.1, -0.05) is 12.8 Å². The van der Waals surface area contributed by atoms with Crippen molar-refractivity contribution in [3.8, 4) is 0 Å². The molecule has 0 unspecified atom stereocenters. The summed E-state index contributed by atoms with van der Waals surface area (Å²) in [4.78, 5) is 35.1. The lowest BCUT2D eigenvalue weighted by Crippen LogP contribution is -2.30. The predicted molar refractivity (Wildman–Crippen MR) is 66.8 cm³/mol. The van der Waals surface area contributed by atoms with Crippen LogP contribution in [0.1, 0.15) is 37.7 Å². The maximum Gasteiger partial charge on any atom is 0.328 e. The molecule has 0 atom stereocenters. The summed E-state index contributed by atoms with van der Waals surface area (Å²) in [6.07, 6.45) is 4.91. The standard InChI is InChI=1S/C12H18N2O4/c1-9-8-14(12(18)13-11(9)17)7-5-3-2-4-6-10(15)16/h8H,2-7H2,1H3,(H,15,16)(H,13,17,18). The van der Waals surface area contributed by atoms with Crippen LogP contribution in [-0.2, 0) is 11.3 Å². The van der Waals surface area contributed by atoms with Crippen molar-refractivity contribution in [2.75, 3.05) is 0 Å². The van der Waals surface area contributed by atoms with E-state index in [1.807, 2.05) is 0 Å². The van der Waals surface area contributed by atoms with Crippen LogP contribution in [0, 0.1) is 6.92 Å². The van der Waals surface area contributed by atoms with E-state index in [4.69, 9.17) is 5.11 Å². The van der Waals surface area contributed by atoms with Crippen molar-refractivity contribution < 1.29 is 9.90 Å². The molecule has 1 rings (SSSR count). The average Bonchev–Trinajstić information content (AvgIpc) is 2.29. The Morgan fingerprint density at radius 1 is 1.28 bits per heavy atom. The van der Waals surface area contributed by atoms with Crippen molar-refractivity contribution in [1.82, 2.24) is 9.55 Å². The molecule has 18 heavy (non-hydrogen) atoms. The molecule has 0 aliphatic heterocycles. The summed E-state index contributed by atoms with van der Waals surface area (Å²) in [5.74, 6) is -0.775. The van der Waals surface area contributed by atoms with Crippen LogP contribution in [0.5, 0.6) is 0 Å². The third-order valence-corrected chi connectivity index (χ3v) is 2.73. The topological polar surface area (TPSA) is 92.2 Å². The van der Waals surface area contributed by atoms with E-state index in [1.54, 1.807) is 13.1 Å². The second kappa shape index (κ2) is 6.78. The van der Waals surface area contributed by atoms with Gasteiger partial charge in [-0.3, -0.25) is 14.6 Å². The van der Waals surface area contributed by atoms with Crippen molar-refractivity contribution in [3.63, 3.8) is 0 Å². The van der Waals surface area contributed by atoms with E-state index in [0.29, 0.717) is 18.5 Å². The fourth-order valence-electron chi connectivity index (χ4n) is 1.70. The van der Waals surface area contributed by atoms with Gasteiger partial charge in [-0.2, -0.15) is 0 Å². The number of unbranched alkanes of at least 4 members (excludes halogenated alkanes) is 3. The number of aromatic nitrogens is 2. The van der Waals surface area contributed by atoms with Crippen molar-refractivity contribution in [1.29, 1.82) is 0 Å². The van der Waals surface area contributed by atoms with Crippen LogP contribution in [0.2, 0.25) is 0 Å². The van der Waals surface area contributed by atoms with Gasteiger partial charge in [0, 0.05) is 24.7 Å². The quantitative estimate of drug-likeness (QED) is 0.706. The number of nitrogens with one attached hydrogen (secondary N) is 1. The molecule has 6 nitrogen and oxygen atoms in total. The zero-order valence-corrected chi connectivity index (χ0v) is 10.4. The Morgan fingerprint density at radius 3 is 2.61 bits per heavy atom. The molecule has 0 radical (unpaired) electrons. The highest BCUT2D eigenvalue weighted by Gasteiger charge is 2.01. The molecule has 0 aliphatic rings. The van der Waals surface area contributed by atoms with Crippen LogP contribution in [-0.4, -0.2) is 20.6 Å². The molecular weight excluding hydrogens is 236 g/mol. The second-order valence-electron chi connectivity index (χ2n) is 4.32. The number of carboxylic acid groups (broad SMARTS) is 1. The lowest BCUT2D eigenvalue weighted by atomic mass is 10.1. The number of carboxylic acids is 1. The van der Waals surface area contributed by atoms with Gasteiger partial charge in [-0.15, -0.1) is 0 Å². The zero-order valence-electron chi connectivity index (χ0n) is 10.4. The Kier molecular flexibility index (Phi) is 5.35. The van der Waals surface area contributed by atoms with Crippen molar-refractivity contribution in [2.24, 2.45) is 0 Å². The molecule has 1 aromatic rings. The predicted octanol–water partition coefficient (Wildman–Crippen LogP) is 0.880. The van der Waals surface area contributed by atoms with E-state index in [2.05, 4.69) is 4.98 Å². The molecule has 1 heterocycles. The number of rotatable bonds is 7. The lowest BCUT2D eigenvalue weighted by molar-refractivity contribution is -0.137. The van der Waals surface area contributed by atoms with Gasteiger partial charge >= 0.3 is 11.7 Å². The van der Waals surface area contributed by atoms with Crippen molar-refractivity contribution in [3.05, 3.63) is 32.6 Å². The molecule has 0 saturated carbocycles. The summed E-state index contributed by atoms with van der Waals surface area (Å²) in [6.45, 7) is 2.20.